The van der Waals surface area contributed by atoms with Crippen molar-refractivity contribution in [2.75, 3.05) is 64.3 Å². The molecule has 1 aliphatic rings. The van der Waals surface area contributed by atoms with Crippen LogP contribution in [-0.2, 0) is 39.4 Å². The van der Waals surface area contributed by atoms with Crippen molar-refractivity contribution < 1.29 is 32.8 Å². The Labute approximate surface area is 299 Å². The standard InChI is InChI=1S/C38H53N4O7P/c1-31(2)42(32(3)4)50(48-22-11-20-39)49-29-28-47-27-26-46-25-24-45-23-21-40-37(43)16-9-10-17-38(44)41-30-35-14-6-5-12-33(35)18-19-34-13-7-8-15-36(34)41/h5-8,12-15,31-32H,9-11,16-17,21-30H2,1-4H3,(H,40,43). The van der Waals surface area contributed by atoms with Gasteiger partial charge in [-0.2, -0.15) is 5.26 Å². The van der Waals surface area contributed by atoms with Gasteiger partial charge in [0.2, 0.25) is 11.8 Å². The molecule has 0 radical (unpaired) electrons. The highest BCUT2D eigenvalue weighted by Gasteiger charge is 2.27. The molecule has 1 unspecified atom stereocenters. The number of carbonyl (C=O) groups is 2. The minimum atomic E-state index is -1.27. The molecule has 2 aromatic rings. The summed E-state index contributed by atoms with van der Waals surface area (Å²) in [5, 5.41) is 11.7. The number of para-hydroxylation sites is 1. The molecule has 0 aromatic heterocycles. The van der Waals surface area contributed by atoms with Gasteiger partial charge in [0.25, 0.3) is 8.53 Å². The van der Waals surface area contributed by atoms with Crippen molar-refractivity contribution in [1.82, 2.24) is 9.99 Å². The van der Waals surface area contributed by atoms with Crippen LogP contribution in [0.1, 0.15) is 76.5 Å². The number of nitriles is 1. The highest BCUT2D eigenvalue weighted by molar-refractivity contribution is 7.44. The molecular formula is C38H53N4O7P. The van der Waals surface area contributed by atoms with Gasteiger partial charge in [-0.3, -0.25) is 9.59 Å². The largest absolute Gasteiger partial charge is 0.377 e. The zero-order valence-electron chi connectivity index (χ0n) is 30.0. The third-order valence-electron chi connectivity index (χ3n) is 7.62. The molecule has 1 aliphatic heterocycles. The Morgan fingerprint density at radius 3 is 2.10 bits per heavy atom. The predicted molar refractivity (Wildman–Crippen MR) is 195 cm³/mol. The van der Waals surface area contributed by atoms with E-state index in [0.29, 0.717) is 98.0 Å². The van der Waals surface area contributed by atoms with Gasteiger partial charge in [0.15, 0.2) is 0 Å². The summed E-state index contributed by atoms with van der Waals surface area (Å²) in [6, 6.07) is 18.3. The highest BCUT2D eigenvalue weighted by atomic mass is 31.2. The van der Waals surface area contributed by atoms with Crippen molar-refractivity contribution in [3.05, 3.63) is 65.2 Å². The van der Waals surface area contributed by atoms with Gasteiger partial charge >= 0.3 is 0 Å². The number of fused-ring (bicyclic) bond motifs is 2. The number of anilines is 1. The highest BCUT2D eigenvalue weighted by Crippen LogP contribution is 2.45. The molecule has 0 saturated heterocycles. The van der Waals surface area contributed by atoms with Crippen LogP contribution in [0.3, 0.4) is 0 Å². The number of hydrogen-bond acceptors (Lipinski definition) is 9. The number of ether oxygens (including phenoxy) is 3. The molecule has 2 amide bonds. The van der Waals surface area contributed by atoms with Crippen LogP contribution < -0.4 is 10.2 Å². The van der Waals surface area contributed by atoms with E-state index in [1.54, 1.807) is 0 Å². The van der Waals surface area contributed by atoms with Gasteiger partial charge in [-0.1, -0.05) is 42.2 Å². The molecule has 0 fully saturated rings. The first-order chi connectivity index (χ1) is 24.3. The van der Waals surface area contributed by atoms with Crippen molar-refractivity contribution in [2.45, 2.75) is 78.4 Å². The number of nitrogens with one attached hydrogen (secondary N) is 1. The van der Waals surface area contributed by atoms with E-state index in [1.807, 2.05) is 53.4 Å². The Morgan fingerprint density at radius 2 is 1.40 bits per heavy atom. The van der Waals surface area contributed by atoms with E-state index in [4.69, 9.17) is 28.5 Å². The molecule has 50 heavy (non-hydrogen) atoms. The van der Waals surface area contributed by atoms with Crippen molar-refractivity contribution in [3.8, 4) is 17.9 Å². The maximum Gasteiger partial charge on any atom is 0.259 e. The fourth-order valence-electron chi connectivity index (χ4n) is 5.28. The molecular weight excluding hydrogens is 655 g/mol. The normalized spacial score (nSPS) is 12.8. The number of hydrogen-bond donors (Lipinski definition) is 1. The molecule has 0 bridgehead atoms. The second kappa shape index (κ2) is 23.9. The van der Waals surface area contributed by atoms with Gasteiger partial charge in [0.1, 0.15) is 0 Å². The zero-order chi connectivity index (χ0) is 36.0. The maximum absolute atomic E-state index is 13.3. The SMILES string of the molecule is CC(C)N(C(C)C)P(OCCC#N)OCCOCCOCCOCCNC(=O)CCCCC(=O)N1Cc2ccccc2C#Cc2ccccc21. The molecule has 0 spiro atoms. The lowest BCUT2D eigenvalue weighted by molar-refractivity contribution is -0.122. The summed E-state index contributed by atoms with van der Waals surface area (Å²) in [6.07, 6.45) is 2.28. The van der Waals surface area contributed by atoms with Crippen LogP contribution in [0.2, 0.25) is 0 Å². The first-order valence-corrected chi connectivity index (χ1v) is 18.6. The predicted octanol–water partition coefficient (Wildman–Crippen LogP) is 5.95. The van der Waals surface area contributed by atoms with Crippen LogP contribution in [0.4, 0.5) is 5.69 Å². The van der Waals surface area contributed by atoms with Gasteiger partial charge < -0.3 is 33.5 Å². The maximum atomic E-state index is 13.3. The quantitative estimate of drug-likeness (QED) is 0.0801. The Bertz CT molecular complexity index is 1410. The first kappa shape index (κ1) is 41.0. The third-order valence-corrected chi connectivity index (χ3v) is 9.73. The van der Waals surface area contributed by atoms with Crippen LogP contribution in [0.25, 0.3) is 0 Å². The summed E-state index contributed by atoms with van der Waals surface area (Å²) in [4.78, 5) is 27.4. The zero-order valence-corrected chi connectivity index (χ0v) is 30.9. The Morgan fingerprint density at radius 1 is 0.820 bits per heavy atom. The molecule has 11 nitrogen and oxygen atoms in total. The Hall–Kier alpha value is -3.38. The minimum Gasteiger partial charge on any atom is -0.377 e. The van der Waals surface area contributed by atoms with Crippen LogP contribution in [0.5, 0.6) is 0 Å². The summed E-state index contributed by atoms with van der Waals surface area (Å²) < 4.78 is 30.8. The summed E-state index contributed by atoms with van der Waals surface area (Å²) in [5.41, 5.74) is 3.61. The van der Waals surface area contributed by atoms with Crippen molar-refractivity contribution in [1.29, 1.82) is 5.26 Å². The van der Waals surface area contributed by atoms with Crippen molar-refractivity contribution >= 4 is 26.0 Å². The van der Waals surface area contributed by atoms with Gasteiger partial charge in [0, 0.05) is 42.6 Å². The van der Waals surface area contributed by atoms with E-state index in [9.17, 15) is 9.59 Å². The molecule has 0 aliphatic carbocycles. The van der Waals surface area contributed by atoms with E-state index in [-0.39, 0.29) is 23.9 Å². The third kappa shape index (κ3) is 14.8. The molecule has 1 heterocycles. The number of unbranched alkanes of at least 4 members (excludes halogenated alkanes) is 1. The molecule has 0 saturated carbocycles. The van der Waals surface area contributed by atoms with Crippen molar-refractivity contribution in [2.24, 2.45) is 0 Å². The fourth-order valence-corrected chi connectivity index (χ4v) is 6.86. The van der Waals surface area contributed by atoms with E-state index in [1.165, 1.54) is 0 Å². The van der Waals surface area contributed by atoms with Crippen LogP contribution in [0.15, 0.2) is 48.5 Å². The van der Waals surface area contributed by atoms with E-state index >= 15 is 0 Å². The summed E-state index contributed by atoms with van der Waals surface area (Å²) >= 11 is 0. The van der Waals surface area contributed by atoms with Gasteiger partial charge in [-0.15, -0.1) is 0 Å². The number of benzene rings is 2. The summed E-state index contributed by atoms with van der Waals surface area (Å²) in [7, 11) is -1.27. The topological polar surface area (TPSA) is 123 Å². The van der Waals surface area contributed by atoms with Gasteiger partial charge in [-0.25, -0.2) is 4.67 Å². The lowest BCUT2D eigenvalue weighted by Crippen LogP contribution is -2.34. The molecule has 3 rings (SSSR count). The molecule has 2 aromatic carbocycles. The molecule has 12 heteroatoms. The minimum absolute atomic E-state index is 0.0242. The number of rotatable bonds is 24. The monoisotopic (exact) mass is 708 g/mol. The number of carbonyl (C=O) groups excluding carboxylic acids is 2. The van der Waals surface area contributed by atoms with Crippen molar-refractivity contribution in [3.63, 3.8) is 0 Å². The van der Waals surface area contributed by atoms with Crippen LogP contribution in [-0.4, -0.2) is 88.0 Å². The molecule has 272 valence electrons. The molecule has 1 N–H and O–H groups in total. The van der Waals surface area contributed by atoms with Gasteiger partial charge in [0.05, 0.1) is 77.6 Å². The lowest BCUT2D eigenvalue weighted by Gasteiger charge is -2.35. The van der Waals surface area contributed by atoms with E-state index in [0.717, 1.165) is 22.4 Å². The van der Waals surface area contributed by atoms with Crippen LogP contribution in [0, 0.1) is 23.2 Å². The average Bonchev–Trinajstić information content (AvgIpc) is 3.09. The number of nitrogens with zero attached hydrogens (tertiary/aromatic N) is 3. The van der Waals surface area contributed by atoms with E-state index in [2.05, 4.69) is 55.6 Å². The first-order valence-electron chi connectivity index (χ1n) is 17.5. The van der Waals surface area contributed by atoms with Gasteiger partial charge in [-0.05, 0) is 64.3 Å². The van der Waals surface area contributed by atoms with E-state index < -0.39 is 8.53 Å². The molecule has 1 atom stereocenters. The summed E-state index contributed by atoms with van der Waals surface area (Å²) in [6.45, 7) is 12.5. The Kier molecular flexibility index (Phi) is 19.6. The second-order valence-corrected chi connectivity index (χ2v) is 13.6. The number of amides is 2. The lowest BCUT2D eigenvalue weighted by atomic mass is 10.0. The average molecular weight is 709 g/mol. The smallest absolute Gasteiger partial charge is 0.259 e. The fraction of sp³-hybridized carbons (Fsp3) is 0.553. The second-order valence-electron chi connectivity index (χ2n) is 12.2. The summed E-state index contributed by atoms with van der Waals surface area (Å²) in [5.74, 6) is 6.43. The Balaban J connectivity index is 1.19. The van der Waals surface area contributed by atoms with Crippen LogP contribution >= 0.6 is 8.53 Å².